The maximum Gasteiger partial charge on any atom is 0.325 e. The molecule has 0 unspecified atom stereocenters. The highest BCUT2D eigenvalue weighted by Crippen LogP contribution is 2.35. The van der Waals surface area contributed by atoms with Gasteiger partial charge in [0.15, 0.2) is 0 Å². The van der Waals surface area contributed by atoms with Crippen molar-refractivity contribution in [2.45, 2.75) is 11.4 Å². The van der Waals surface area contributed by atoms with Gasteiger partial charge >= 0.3 is 5.97 Å². The molecule has 3 rings (SSSR count). The third-order valence-electron chi connectivity index (χ3n) is 4.02. The normalized spacial score (nSPS) is 12.2. The van der Waals surface area contributed by atoms with Crippen LogP contribution in [0.5, 0.6) is 11.5 Å². The van der Waals surface area contributed by atoms with Gasteiger partial charge in [-0.05, 0) is 36.4 Å². The van der Waals surface area contributed by atoms with Gasteiger partial charge in [-0.2, -0.15) is 8.42 Å². The molecule has 0 radical (unpaired) electrons. The number of halogens is 1. The van der Waals surface area contributed by atoms with E-state index < -0.39 is 16.0 Å². The number of esters is 1. The maximum atomic E-state index is 12.8. The van der Waals surface area contributed by atoms with Gasteiger partial charge in [0.1, 0.15) is 28.3 Å². The van der Waals surface area contributed by atoms with Crippen LogP contribution in [0.3, 0.4) is 0 Å². The van der Waals surface area contributed by atoms with Gasteiger partial charge in [-0.25, -0.2) is 0 Å². The van der Waals surface area contributed by atoms with Gasteiger partial charge in [-0.1, -0.05) is 22.9 Å². The zero-order valence-corrected chi connectivity index (χ0v) is 18.1. The number of hydrogen-bond donors (Lipinski definition) is 0. The Kier molecular flexibility index (Phi) is 6.15. The second kappa shape index (κ2) is 8.44. The fraction of sp³-hybridized carbons (Fsp3) is 0.222. The zero-order chi connectivity index (χ0) is 21.2. The molecule has 11 heteroatoms. The number of benzene rings is 2. The van der Waals surface area contributed by atoms with Gasteiger partial charge in [0.25, 0.3) is 10.0 Å². The van der Waals surface area contributed by atoms with E-state index in [0.717, 1.165) is 11.3 Å². The predicted octanol–water partition coefficient (Wildman–Crippen LogP) is 2.84. The standard InChI is InChI=1S/C18H17ClN2O6S2/c1-25-13-8-9-14(26-2)17-16(13)21(10-15(22)27-3)18(28-17)20-29(23,24)12-6-4-11(19)5-7-12/h4-9H,10H2,1-3H3/b20-18-. The van der Waals surface area contributed by atoms with E-state index in [0.29, 0.717) is 26.7 Å². The van der Waals surface area contributed by atoms with E-state index in [9.17, 15) is 13.2 Å². The second-order valence-corrected chi connectivity index (χ2v) is 8.73. The number of methoxy groups -OCH3 is 3. The predicted molar refractivity (Wildman–Crippen MR) is 109 cm³/mol. The number of fused-ring (bicyclic) bond motifs is 1. The molecule has 0 aliphatic rings. The van der Waals surface area contributed by atoms with Crippen LogP contribution in [0.1, 0.15) is 0 Å². The Hall–Kier alpha value is -2.56. The monoisotopic (exact) mass is 456 g/mol. The number of sulfonamides is 1. The average molecular weight is 457 g/mol. The van der Waals surface area contributed by atoms with Crippen molar-refractivity contribution in [3.63, 3.8) is 0 Å². The minimum atomic E-state index is -4.06. The largest absolute Gasteiger partial charge is 0.495 e. The highest BCUT2D eigenvalue weighted by Gasteiger charge is 2.20. The van der Waals surface area contributed by atoms with Crippen LogP contribution in [0.25, 0.3) is 10.2 Å². The van der Waals surface area contributed by atoms with Crippen LogP contribution in [0, 0.1) is 0 Å². The molecule has 0 bridgehead atoms. The van der Waals surface area contributed by atoms with Crippen molar-refractivity contribution in [1.82, 2.24) is 4.57 Å². The first-order chi connectivity index (χ1) is 13.8. The number of hydrogen-bond acceptors (Lipinski definition) is 7. The molecular weight excluding hydrogens is 440 g/mol. The fourth-order valence-electron chi connectivity index (χ4n) is 2.63. The molecule has 29 heavy (non-hydrogen) atoms. The highest BCUT2D eigenvalue weighted by atomic mass is 35.5. The number of rotatable bonds is 6. The molecule has 0 N–H and O–H groups in total. The van der Waals surface area contributed by atoms with Crippen molar-refractivity contribution in [3.05, 3.63) is 46.2 Å². The topological polar surface area (TPSA) is 96.2 Å². The van der Waals surface area contributed by atoms with Gasteiger partial charge < -0.3 is 18.8 Å². The Balaban J connectivity index is 2.33. The summed E-state index contributed by atoms with van der Waals surface area (Å²) in [5.74, 6) is 0.362. The van der Waals surface area contributed by atoms with E-state index in [2.05, 4.69) is 4.40 Å². The first-order valence-electron chi connectivity index (χ1n) is 8.18. The molecule has 1 aromatic heterocycles. The van der Waals surface area contributed by atoms with Crippen LogP contribution in [-0.2, 0) is 26.1 Å². The van der Waals surface area contributed by atoms with E-state index >= 15 is 0 Å². The maximum absolute atomic E-state index is 12.8. The fourth-order valence-corrected chi connectivity index (χ4v) is 5.09. The SMILES string of the molecule is COC(=O)Cn1/c(=N/S(=O)(=O)c2ccc(Cl)cc2)sc2c(OC)ccc(OC)c21. The third-order valence-corrected chi connectivity index (χ3v) is 6.76. The molecule has 0 saturated carbocycles. The summed E-state index contributed by atoms with van der Waals surface area (Å²) in [6, 6.07) is 9.00. The van der Waals surface area contributed by atoms with E-state index in [1.165, 1.54) is 50.2 Å². The van der Waals surface area contributed by atoms with Crippen molar-refractivity contribution in [2.24, 2.45) is 4.40 Å². The van der Waals surface area contributed by atoms with E-state index in [4.69, 9.17) is 25.8 Å². The van der Waals surface area contributed by atoms with Crippen LogP contribution >= 0.6 is 22.9 Å². The summed E-state index contributed by atoms with van der Waals surface area (Å²) < 4.78 is 47.1. The van der Waals surface area contributed by atoms with E-state index in [1.54, 1.807) is 12.1 Å². The van der Waals surface area contributed by atoms with Crippen LogP contribution < -0.4 is 14.3 Å². The van der Waals surface area contributed by atoms with Crippen molar-refractivity contribution in [1.29, 1.82) is 0 Å². The lowest BCUT2D eigenvalue weighted by molar-refractivity contribution is -0.141. The first-order valence-corrected chi connectivity index (χ1v) is 10.8. The Morgan fingerprint density at radius 3 is 2.28 bits per heavy atom. The summed E-state index contributed by atoms with van der Waals surface area (Å²) in [6.45, 7) is -0.255. The summed E-state index contributed by atoms with van der Waals surface area (Å²) in [6.07, 6.45) is 0. The van der Waals surface area contributed by atoms with Gasteiger partial charge in [0.05, 0.1) is 26.2 Å². The molecule has 0 atom stereocenters. The van der Waals surface area contributed by atoms with Crippen LogP contribution in [0.4, 0.5) is 0 Å². The minimum Gasteiger partial charge on any atom is -0.495 e. The van der Waals surface area contributed by atoms with Crippen LogP contribution in [-0.4, -0.2) is 40.3 Å². The summed E-state index contributed by atoms with van der Waals surface area (Å²) in [4.78, 5) is 12.0. The molecule has 1 heterocycles. The highest BCUT2D eigenvalue weighted by molar-refractivity contribution is 7.90. The lowest BCUT2D eigenvalue weighted by atomic mass is 10.3. The summed E-state index contributed by atoms with van der Waals surface area (Å²) in [5.41, 5.74) is 0.479. The molecule has 2 aromatic carbocycles. The van der Waals surface area contributed by atoms with Crippen molar-refractivity contribution in [3.8, 4) is 11.5 Å². The number of aromatic nitrogens is 1. The molecule has 3 aromatic rings. The molecule has 0 aliphatic heterocycles. The number of ether oxygens (including phenoxy) is 3. The van der Waals surface area contributed by atoms with Gasteiger partial charge in [0.2, 0.25) is 4.80 Å². The van der Waals surface area contributed by atoms with Crippen molar-refractivity contribution < 1.29 is 27.4 Å². The molecule has 0 spiro atoms. The molecular formula is C18H17ClN2O6S2. The molecule has 0 fully saturated rings. The number of nitrogens with zero attached hydrogens (tertiary/aromatic N) is 2. The zero-order valence-electron chi connectivity index (χ0n) is 15.7. The van der Waals surface area contributed by atoms with Crippen molar-refractivity contribution >= 4 is 49.1 Å². The summed E-state index contributed by atoms with van der Waals surface area (Å²) in [5, 5.41) is 0.404. The third kappa shape index (κ3) is 4.24. The first kappa shape index (κ1) is 21.2. The Bertz CT molecular complexity index is 1230. The average Bonchev–Trinajstić information content (AvgIpc) is 3.04. The molecule has 0 amide bonds. The lowest BCUT2D eigenvalue weighted by Crippen LogP contribution is -2.22. The number of carbonyl (C=O) groups is 1. The Labute approximate surface area is 176 Å². The van der Waals surface area contributed by atoms with E-state index in [1.807, 2.05) is 0 Å². The Morgan fingerprint density at radius 2 is 1.69 bits per heavy atom. The summed E-state index contributed by atoms with van der Waals surface area (Å²) in [7, 11) is 0.155. The number of thiazole rings is 1. The van der Waals surface area contributed by atoms with Crippen molar-refractivity contribution in [2.75, 3.05) is 21.3 Å². The molecule has 0 aliphatic carbocycles. The van der Waals surface area contributed by atoms with Gasteiger partial charge in [-0.3, -0.25) is 4.79 Å². The van der Waals surface area contributed by atoms with Crippen LogP contribution in [0.15, 0.2) is 45.7 Å². The second-order valence-electron chi connectivity index (χ2n) is 5.72. The lowest BCUT2D eigenvalue weighted by Gasteiger charge is -2.09. The quantitative estimate of drug-likeness (QED) is 0.529. The molecule has 154 valence electrons. The van der Waals surface area contributed by atoms with Crippen LogP contribution in [0.2, 0.25) is 5.02 Å². The van der Waals surface area contributed by atoms with Gasteiger partial charge in [-0.15, -0.1) is 4.40 Å². The smallest absolute Gasteiger partial charge is 0.325 e. The summed E-state index contributed by atoms with van der Waals surface area (Å²) >= 11 is 6.89. The number of carbonyl (C=O) groups excluding carboxylic acids is 1. The van der Waals surface area contributed by atoms with E-state index in [-0.39, 0.29) is 16.2 Å². The molecule has 8 nitrogen and oxygen atoms in total. The Morgan fingerprint density at radius 1 is 1.07 bits per heavy atom. The minimum absolute atomic E-state index is 0.0251. The molecule has 0 saturated heterocycles. The van der Waals surface area contributed by atoms with Gasteiger partial charge in [0, 0.05) is 5.02 Å².